The Morgan fingerprint density at radius 3 is 1.81 bits per heavy atom. The summed E-state index contributed by atoms with van der Waals surface area (Å²) in [4.78, 5) is -0.00339. The Kier molecular flexibility index (Phi) is 5.88. The highest BCUT2D eigenvalue weighted by atomic mass is 32.2. The van der Waals surface area contributed by atoms with E-state index in [1.807, 2.05) is 13.8 Å². The Balaban J connectivity index is 2.91. The first-order chi connectivity index (χ1) is 9.60. The van der Waals surface area contributed by atoms with Crippen molar-refractivity contribution in [1.82, 2.24) is 9.44 Å². The van der Waals surface area contributed by atoms with Crippen LogP contribution in [-0.2, 0) is 20.0 Å². The molecule has 0 aromatic heterocycles. The minimum Gasteiger partial charge on any atom is -0.326 e. The van der Waals surface area contributed by atoms with E-state index in [-0.39, 0.29) is 28.3 Å². The van der Waals surface area contributed by atoms with Gasteiger partial charge in [-0.3, -0.25) is 0 Å². The molecule has 0 radical (unpaired) electrons. The summed E-state index contributed by atoms with van der Waals surface area (Å²) in [5.41, 5.74) is 5.79. The summed E-state index contributed by atoms with van der Waals surface area (Å²) < 4.78 is 51.8. The number of nitrogens with one attached hydrogen (secondary N) is 2. The largest absolute Gasteiger partial charge is 0.326 e. The number of hydrogen-bond donors (Lipinski definition) is 3. The minimum atomic E-state index is -3.70. The van der Waals surface area contributed by atoms with Crippen LogP contribution in [0.15, 0.2) is 34.1 Å². The fourth-order valence-electron chi connectivity index (χ4n) is 1.44. The molecule has 0 saturated carbocycles. The summed E-state index contributed by atoms with van der Waals surface area (Å²) in [6.07, 6.45) is 0. The van der Waals surface area contributed by atoms with E-state index in [4.69, 9.17) is 5.73 Å². The summed E-state index contributed by atoms with van der Waals surface area (Å²) in [7, 11) is -6.00. The monoisotopic (exact) mass is 335 g/mol. The number of benzene rings is 1. The van der Waals surface area contributed by atoms with Crippen LogP contribution in [0.3, 0.4) is 0 Å². The van der Waals surface area contributed by atoms with Gasteiger partial charge in [-0.1, -0.05) is 13.8 Å². The molecular weight excluding hydrogens is 314 g/mol. The maximum atomic E-state index is 12.1. The average Bonchev–Trinajstić information content (AvgIpc) is 2.44. The van der Waals surface area contributed by atoms with Crippen LogP contribution in [0.1, 0.15) is 13.8 Å². The van der Waals surface area contributed by atoms with Gasteiger partial charge in [0.05, 0.1) is 9.79 Å². The number of rotatable bonds is 7. The topological polar surface area (TPSA) is 118 Å². The third-order valence-corrected chi connectivity index (χ3v) is 5.95. The fraction of sp³-hybridized carbons (Fsp3) is 0.500. The quantitative estimate of drug-likeness (QED) is 0.641. The Hall–Kier alpha value is -1.00. The molecule has 0 fully saturated rings. The minimum absolute atomic E-state index is 0.00262. The molecule has 21 heavy (non-hydrogen) atoms. The number of sulfonamides is 2. The summed E-state index contributed by atoms with van der Waals surface area (Å²) in [6.45, 7) is 3.92. The summed E-state index contributed by atoms with van der Waals surface area (Å²) in [6, 6.07) is 4.68. The zero-order valence-electron chi connectivity index (χ0n) is 12.2. The predicted octanol–water partition coefficient (Wildman–Crippen LogP) is -0.144. The zero-order valence-corrected chi connectivity index (χ0v) is 13.8. The van der Waals surface area contributed by atoms with E-state index in [1.165, 1.54) is 31.3 Å². The van der Waals surface area contributed by atoms with E-state index in [9.17, 15) is 16.8 Å². The maximum absolute atomic E-state index is 12.1. The molecule has 1 aromatic carbocycles. The molecule has 4 N–H and O–H groups in total. The lowest BCUT2D eigenvalue weighted by molar-refractivity contribution is 0.481. The molecule has 9 heteroatoms. The van der Waals surface area contributed by atoms with Crippen LogP contribution in [0, 0.1) is 5.92 Å². The standard InChI is InChI=1S/C12H21N3O4S2/c1-9(2)12(13)8-15-21(18,19)11-6-4-10(5-7-11)20(16,17)14-3/h4-7,9,12,14-15H,8,13H2,1-3H3. The van der Waals surface area contributed by atoms with Crippen LogP contribution < -0.4 is 15.2 Å². The van der Waals surface area contributed by atoms with E-state index < -0.39 is 20.0 Å². The molecular formula is C12H21N3O4S2. The highest BCUT2D eigenvalue weighted by Crippen LogP contribution is 2.14. The van der Waals surface area contributed by atoms with Crippen molar-refractivity contribution in [1.29, 1.82) is 0 Å². The van der Waals surface area contributed by atoms with Gasteiger partial charge >= 0.3 is 0 Å². The second-order valence-corrected chi connectivity index (χ2v) is 8.59. The van der Waals surface area contributed by atoms with Crippen molar-refractivity contribution in [3.8, 4) is 0 Å². The van der Waals surface area contributed by atoms with Crippen LogP contribution in [0.2, 0.25) is 0 Å². The highest BCUT2D eigenvalue weighted by Gasteiger charge is 2.18. The molecule has 120 valence electrons. The third kappa shape index (κ3) is 4.75. The molecule has 0 aliphatic rings. The van der Waals surface area contributed by atoms with Gasteiger partial charge in [-0.15, -0.1) is 0 Å². The normalized spacial score (nSPS) is 14.3. The Labute approximate surface area is 126 Å². The van der Waals surface area contributed by atoms with Crippen LogP contribution >= 0.6 is 0 Å². The van der Waals surface area contributed by atoms with Crippen molar-refractivity contribution in [2.24, 2.45) is 11.7 Å². The lowest BCUT2D eigenvalue weighted by Gasteiger charge is -2.16. The first kappa shape index (κ1) is 18.1. The van der Waals surface area contributed by atoms with E-state index in [1.54, 1.807) is 0 Å². The van der Waals surface area contributed by atoms with Crippen LogP contribution in [0.4, 0.5) is 0 Å². The summed E-state index contributed by atoms with van der Waals surface area (Å²) in [5.74, 6) is 0.149. The molecule has 0 saturated heterocycles. The molecule has 0 spiro atoms. The molecule has 0 heterocycles. The molecule has 0 aliphatic heterocycles. The van der Waals surface area contributed by atoms with Crippen molar-refractivity contribution < 1.29 is 16.8 Å². The van der Waals surface area contributed by atoms with Crippen molar-refractivity contribution in [2.75, 3.05) is 13.6 Å². The van der Waals surface area contributed by atoms with Gasteiger partial charge in [-0.05, 0) is 37.2 Å². The second kappa shape index (κ2) is 6.84. The summed E-state index contributed by atoms with van der Waals surface area (Å²) in [5, 5.41) is 0. The lowest BCUT2D eigenvalue weighted by atomic mass is 10.1. The van der Waals surface area contributed by atoms with Gasteiger partial charge in [-0.25, -0.2) is 26.3 Å². The SMILES string of the molecule is CNS(=O)(=O)c1ccc(S(=O)(=O)NCC(N)C(C)C)cc1. The molecule has 1 atom stereocenters. The van der Waals surface area contributed by atoms with Crippen molar-refractivity contribution in [3.05, 3.63) is 24.3 Å². The Bertz CT molecular complexity index is 667. The van der Waals surface area contributed by atoms with Crippen molar-refractivity contribution in [3.63, 3.8) is 0 Å². The fourth-order valence-corrected chi connectivity index (χ4v) is 3.24. The van der Waals surface area contributed by atoms with Gasteiger partial charge < -0.3 is 5.73 Å². The Morgan fingerprint density at radius 1 is 1.00 bits per heavy atom. The number of nitrogens with two attached hydrogens (primary N) is 1. The van der Waals surface area contributed by atoms with Gasteiger partial charge in [0, 0.05) is 12.6 Å². The molecule has 0 amide bonds. The van der Waals surface area contributed by atoms with Crippen LogP contribution in [0.5, 0.6) is 0 Å². The maximum Gasteiger partial charge on any atom is 0.240 e. The van der Waals surface area contributed by atoms with Gasteiger partial charge in [-0.2, -0.15) is 0 Å². The summed E-state index contributed by atoms with van der Waals surface area (Å²) >= 11 is 0. The first-order valence-corrected chi connectivity index (χ1v) is 9.35. The zero-order chi connectivity index (χ0) is 16.3. The molecule has 1 aromatic rings. The molecule has 0 aliphatic carbocycles. The third-order valence-electron chi connectivity index (χ3n) is 3.08. The molecule has 1 unspecified atom stereocenters. The number of hydrogen-bond acceptors (Lipinski definition) is 5. The predicted molar refractivity (Wildman–Crippen MR) is 80.7 cm³/mol. The van der Waals surface area contributed by atoms with E-state index in [0.29, 0.717) is 0 Å². The first-order valence-electron chi connectivity index (χ1n) is 6.39. The van der Waals surface area contributed by atoms with Gasteiger partial charge in [0.25, 0.3) is 0 Å². The van der Waals surface area contributed by atoms with Gasteiger partial charge in [0.15, 0.2) is 0 Å². The molecule has 0 bridgehead atoms. The second-order valence-electron chi connectivity index (χ2n) is 4.94. The highest BCUT2D eigenvalue weighted by molar-refractivity contribution is 7.90. The van der Waals surface area contributed by atoms with Gasteiger partial charge in [0.1, 0.15) is 0 Å². The van der Waals surface area contributed by atoms with Gasteiger partial charge in [0.2, 0.25) is 20.0 Å². The lowest BCUT2D eigenvalue weighted by Crippen LogP contribution is -2.40. The average molecular weight is 335 g/mol. The van der Waals surface area contributed by atoms with E-state index in [0.717, 1.165) is 0 Å². The molecule has 1 rings (SSSR count). The van der Waals surface area contributed by atoms with E-state index >= 15 is 0 Å². The van der Waals surface area contributed by atoms with Crippen LogP contribution in [-0.4, -0.2) is 36.5 Å². The Morgan fingerprint density at radius 2 is 1.43 bits per heavy atom. The van der Waals surface area contributed by atoms with Crippen molar-refractivity contribution in [2.45, 2.75) is 29.7 Å². The van der Waals surface area contributed by atoms with Crippen LogP contribution in [0.25, 0.3) is 0 Å². The smallest absolute Gasteiger partial charge is 0.240 e. The van der Waals surface area contributed by atoms with Crippen molar-refractivity contribution >= 4 is 20.0 Å². The molecule has 7 nitrogen and oxygen atoms in total. The van der Waals surface area contributed by atoms with E-state index in [2.05, 4.69) is 9.44 Å².